The summed E-state index contributed by atoms with van der Waals surface area (Å²) in [5.74, 6) is 0.237. The van der Waals surface area contributed by atoms with Crippen LogP contribution in [0.2, 0.25) is 5.02 Å². The summed E-state index contributed by atoms with van der Waals surface area (Å²) in [4.78, 5) is 2.21. The smallest absolute Gasteiger partial charge is 0.265 e. The second-order valence-electron chi connectivity index (χ2n) is 6.04. The molecule has 140 valence electrons. The number of sulfonamides is 1. The van der Waals surface area contributed by atoms with Crippen molar-refractivity contribution in [3.63, 3.8) is 0 Å². The SMILES string of the molecule is COc1ccc(Cl)cc1S(=O)(=O)Nc1ccc(N2CC[C@@H](OC)C2)cc1. The van der Waals surface area contributed by atoms with Gasteiger partial charge in [-0.3, -0.25) is 4.72 Å². The molecule has 0 amide bonds. The van der Waals surface area contributed by atoms with E-state index in [1.807, 2.05) is 12.1 Å². The molecular formula is C18H21ClN2O4S. The third-order valence-electron chi connectivity index (χ3n) is 4.38. The van der Waals surface area contributed by atoms with Crippen LogP contribution in [0, 0.1) is 0 Å². The first-order chi connectivity index (χ1) is 12.4. The number of methoxy groups -OCH3 is 2. The molecule has 1 fully saturated rings. The fraction of sp³-hybridized carbons (Fsp3) is 0.333. The summed E-state index contributed by atoms with van der Waals surface area (Å²) in [6.07, 6.45) is 1.22. The standard InChI is InChI=1S/C18H21ClN2O4S/c1-24-16-9-10-21(12-16)15-6-4-14(5-7-15)20-26(22,23)18-11-13(19)3-8-17(18)25-2/h3-8,11,16,20H,9-10,12H2,1-2H3/t16-/m1/s1. The molecule has 0 bridgehead atoms. The van der Waals surface area contributed by atoms with Crippen LogP contribution < -0.4 is 14.4 Å². The molecular weight excluding hydrogens is 376 g/mol. The topological polar surface area (TPSA) is 67.9 Å². The van der Waals surface area contributed by atoms with Crippen molar-refractivity contribution < 1.29 is 17.9 Å². The van der Waals surface area contributed by atoms with Gasteiger partial charge in [0.05, 0.1) is 13.2 Å². The number of hydrogen-bond acceptors (Lipinski definition) is 5. The Kier molecular flexibility index (Phi) is 5.60. The van der Waals surface area contributed by atoms with Crippen molar-refractivity contribution >= 4 is 33.0 Å². The predicted octanol–water partition coefficient (Wildman–Crippen LogP) is 3.37. The van der Waals surface area contributed by atoms with E-state index in [1.54, 1.807) is 25.3 Å². The molecule has 1 heterocycles. The Morgan fingerprint density at radius 1 is 1.15 bits per heavy atom. The van der Waals surface area contributed by atoms with Crippen molar-refractivity contribution in [3.8, 4) is 5.75 Å². The third-order valence-corrected chi connectivity index (χ3v) is 6.02. The van der Waals surface area contributed by atoms with Gasteiger partial charge in [-0.05, 0) is 48.9 Å². The Bertz CT molecular complexity index is 871. The van der Waals surface area contributed by atoms with Crippen molar-refractivity contribution in [2.75, 3.05) is 36.9 Å². The Labute approximate surface area is 158 Å². The van der Waals surface area contributed by atoms with Crippen molar-refractivity contribution in [2.45, 2.75) is 17.4 Å². The molecule has 6 nitrogen and oxygen atoms in total. The Hall–Kier alpha value is -1.96. The molecule has 0 saturated carbocycles. The number of halogens is 1. The minimum Gasteiger partial charge on any atom is -0.495 e. The molecule has 8 heteroatoms. The van der Waals surface area contributed by atoms with Gasteiger partial charge in [-0.2, -0.15) is 0 Å². The first-order valence-corrected chi connectivity index (χ1v) is 10.0. The zero-order valence-corrected chi connectivity index (χ0v) is 16.2. The van der Waals surface area contributed by atoms with Crippen LogP contribution in [0.25, 0.3) is 0 Å². The van der Waals surface area contributed by atoms with Crippen molar-refractivity contribution in [3.05, 3.63) is 47.5 Å². The minimum atomic E-state index is -3.82. The molecule has 26 heavy (non-hydrogen) atoms. The van der Waals surface area contributed by atoms with Gasteiger partial charge in [-0.25, -0.2) is 8.42 Å². The van der Waals surface area contributed by atoms with E-state index in [0.29, 0.717) is 10.7 Å². The molecule has 0 unspecified atom stereocenters. The van der Waals surface area contributed by atoms with Gasteiger partial charge in [0, 0.05) is 36.6 Å². The van der Waals surface area contributed by atoms with Gasteiger partial charge < -0.3 is 14.4 Å². The predicted molar refractivity (Wildman–Crippen MR) is 103 cm³/mol. The maximum atomic E-state index is 12.7. The van der Waals surface area contributed by atoms with Crippen molar-refractivity contribution in [2.24, 2.45) is 0 Å². The molecule has 1 N–H and O–H groups in total. The number of rotatable bonds is 6. The van der Waals surface area contributed by atoms with Crippen molar-refractivity contribution in [1.29, 1.82) is 0 Å². The zero-order chi connectivity index (χ0) is 18.7. The van der Waals surface area contributed by atoms with E-state index in [1.165, 1.54) is 19.2 Å². The fourth-order valence-electron chi connectivity index (χ4n) is 2.97. The Morgan fingerprint density at radius 3 is 2.50 bits per heavy atom. The zero-order valence-electron chi connectivity index (χ0n) is 14.6. The lowest BCUT2D eigenvalue weighted by Gasteiger charge is -2.19. The van der Waals surface area contributed by atoms with Gasteiger partial charge in [0.2, 0.25) is 0 Å². The van der Waals surface area contributed by atoms with Crippen LogP contribution in [-0.4, -0.2) is 41.8 Å². The highest BCUT2D eigenvalue weighted by atomic mass is 35.5. The van der Waals surface area contributed by atoms with E-state index in [2.05, 4.69) is 9.62 Å². The lowest BCUT2D eigenvalue weighted by atomic mass is 10.2. The van der Waals surface area contributed by atoms with Gasteiger partial charge >= 0.3 is 0 Å². The summed E-state index contributed by atoms with van der Waals surface area (Å²) in [6.45, 7) is 1.75. The largest absolute Gasteiger partial charge is 0.495 e. The van der Waals surface area contributed by atoms with Gasteiger partial charge in [-0.1, -0.05) is 11.6 Å². The highest BCUT2D eigenvalue weighted by Crippen LogP contribution is 2.29. The third kappa shape index (κ3) is 4.06. The van der Waals surface area contributed by atoms with Gasteiger partial charge in [0.15, 0.2) is 0 Å². The van der Waals surface area contributed by atoms with Crippen LogP contribution in [0.4, 0.5) is 11.4 Å². The fourth-order valence-corrected chi connectivity index (χ4v) is 4.46. The van der Waals surface area contributed by atoms with Gasteiger partial charge in [-0.15, -0.1) is 0 Å². The molecule has 1 aliphatic rings. The van der Waals surface area contributed by atoms with E-state index in [9.17, 15) is 8.42 Å². The summed E-state index contributed by atoms with van der Waals surface area (Å²) in [7, 11) is -0.681. The first-order valence-electron chi connectivity index (χ1n) is 8.17. The van der Waals surface area contributed by atoms with Crippen LogP contribution in [-0.2, 0) is 14.8 Å². The number of nitrogens with one attached hydrogen (secondary N) is 1. The normalized spacial score (nSPS) is 17.3. The summed E-state index contributed by atoms with van der Waals surface area (Å²) in [5, 5.41) is 0.322. The maximum absolute atomic E-state index is 12.7. The van der Waals surface area contributed by atoms with Gasteiger partial charge in [0.25, 0.3) is 10.0 Å². The van der Waals surface area contributed by atoms with E-state index in [4.69, 9.17) is 21.1 Å². The van der Waals surface area contributed by atoms with Crippen LogP contribution >= 0.6 is 11.6 Å². The molecule has 0 aliphatic carbocycles. The lowest BCUT2D eigenvalue weighted by molar-refractivity contribution is 0.121. The number of nitrogens with zero attached hydrogens (tertiary/aromatic N) is 1. The monoisotopic (exact) mass is 396 g/mol. The second kappa shape index (κ2) is 7.73. The lowest BCUT2D eigenvalue weighted by Crippen LogP contribution is -2.22. The Balaban J connectivity index is 1.77. The Morgan fingerprint density at radius 2 is 1.88 bits per heavy atom. The molecule has 0 radical (unpaired) electrons. The number of hydrogen-bond donors (Lipinski definition) is 1. The quantitative estimate of drug-likeness (QED) is 0.810. The van der Waals surface area contributed by atoms with Crippen LogP contribution in [0.15, 0.2) is 47.4 Å². The average Bonchev–Trinajstić information content (AvgIpc) is 3.11. The van der Waals surface area contributed by atoms with E-state index in [-0.39, 0.29) is 16.7 Å². The van der Waals surface area contributed by atoms with E-state index < -0.39 is 10.0 Å². The van der Waals surface area contributed by atoms with Crippen molar-refractivity contribution in [1.82, 2.24) is 0 Å². The molecule has 0 spiro atoms. The molecule has 2 aromatic carbocycles. The molecule has 3 rings (SSSR count). The highest BCUT2D eigenvalue weighted by Gasteiger charge is 2.23. The number of benzene rings is 2. The minimum absolute atomic E-state index is 0.000874. The summed E-state index contributed by atoms with van der Waals surface area (Å²) < 4.78 is 38.4. The number of ether oxygens (including phenoxy) is 2. The second-order valence-corrected chi connectivity index (χ2v) is 8.13. The summed E-state index contributed by atoms with van der Waals surface area (Å²) in [5.41, 5.74) is 1.51. The molecule has 2 aromatic rings. The van der Waals surface area contributed by atoms with E-state index in [0.717, 1.165) is 25.2 Å². The highest BCUT2D eigenvalue weighted by molar-refractivity contribution is 7.92. The molecule has 0 aromatic heterocycles. The molecule has 1 aliphatic heterocycles. The summed E-state index contributed by atoms with van der Waals surface area (Å²) >= 11 is 5.94. The first kappa shape index (κ1) is 18.8. The van der Waals surface area contributed by atoms with Crippen LogP contribution in [0.5, 0.6) is 5.75 Å². The molecule has 1 atom stereocenters. The van der Waals surface area contributed by atoms with E-state index >= 15 is 0 Å². The summed E-state index contributed by atoms with van der Waals surface area (Å²) in [6, 6.07) is 11.7. The average molecular weight is 397 g/mol. The van der Waals surface area contributed by atoms with Crippen LogP contribution in [0.1, 0.15) is 6.42 Å². The molecule has 1 saturated heterocycles. The van der Waals surface area contributed by atoms with Crippen LogP contribution in [0.3, 0.4) is 0 Å². The van der Waals surface area contributed by atoms with Gasteiger partial charge in [0.1, 0.15) is 10.6 Å². The number of anilines is 2. The maximum Gasteiger partial charge on any atom is 0.265 e.